The molecule has 2 rings (SSSR count). The van der Waals surface area contributed by atoms with Crippen LogP contribution in [0.1, 0.15) is 24.8 Å². The van der Waals surface area contributed by atoms with Crippen LogP contribution < -0.4 is 10.8 Å². The predicted molar refractivity (Wildman–Crippen MR) is 91.5 cm³/mol. The average molecular weight is 356 g/mol. The van der Waals surface area contributed by atoms with Crippen LogP contribution in [-0.2, 0) is 19.1 Å². The number of pyridine rings is 1. The molecular weight excluding hydrogens is 334 g/mol. The molecule has 8 heteroatoms. The summed E-state index contributed by atoms with van der Waals surface area (Å²) < 4.78 is 10.3. The molecule has 1 amide bonds. The SMILES string of the molecule is COCCNc1ncc(C=CC(=O)NOC2CCCCO2)cc1Cl. The normalized spacial score (nSPS) is 17.8. The van der Waals surface area contributed by atoms with Gasteiger partial charge >= 0.3 is 0 Å². The fourth-order valence-corrected chi connectivity index (χ4v) is 2.32. The number of hydrogen-bond acceptors (Lipinski definition) is 6. The minimum absolute atomic E-state index is 0.371. The summed E-state index contributed by atoms with van der Waals surface area (Å²) in [5.74, 6) is 0.204. The second-order valence-electron chi connectivity index (χ2n) is 5.23. The lowest BCUT2D eigenvalue weighted by molar-refractivity contribution is -0.198. The Morgan fingerprint density at radius 1 is 1.54 bits per heavy atom. The van der Waals surface area contributed by atoms with Crippen LogP contribution in [0, 0.1) is 0 Å². The second kappa shape index (κ2) is 10.2. The Balaban J connectivity index is 1.79. The number of nitrogens with zero attached hydrogens (tertiary/aromatic N) is 1. The Morgan fingerprint density at radius 2 is 2.42 bits per heavy atom. The molecule has 1 atom stereocenters. The van der Waals surface area contributed by atoms with Crippen molar-refractivity contribution in [2.24, 2.45) is 0 Å². The second-order valence-corrected chi connectivity index (χ2v) is 5.64. The molecule has 24 heavy (non-hydrogen) atoms. The number of halogens is 1. The van der Waals surface area contributed by atoms with Crippen LogP contribution in [0.5, 0.6) is 0 Å². The van der Waals surface area contributed by atoms with Gasteiger partial charge in [-0.2, -0.15) is 0 Å². The summed E-state index contributed by atoms with van der Waals surface area (Å²) in [6.07, 6.45) is 7.05. The van der Waals surface area contributed by atoms with Gasteiger partial charge in [-0.3, -0.25) is 4.79 Å². The maximum absolute atomic E-state index is 11.7. The van der Waals surface area contributed by atoms with Crippen molar-refractivity contribution in [3.05, 3.63) is 28.9 Å². The first kappa shape index (κ1) is 18.7. The van der Waals surface area contributed by atoms with E-state index in [0.717, 1.165) is 19.3 Å². The van der Waals surface area contributed by atoms with Gasteiger partial charge in [0.15, 0.2) is 6.29 Å². The highest BCUT2D eigenvalue weighted by Gasteiger charge is 2.14. The number of carbonyl (C=O) groups excluding carboxylic acids is 1. The number of carbonyl (C=O) groups is 1. The zero-order valence-electron chi connectivity index (χ0n) is 13.6. The molecular formula is C16H22ClN3O4. The van der Waals surface area contributed by atoms with E-state index in [0.29, 0.717) is 36.2 Å². The van der Waals surface area contributed by atoms with Gasteiger partial charge in [0.25, 0.3) is 5.91 Å². The number of amides is 1. The molecule has 1 saturated heterocycles. The third-order valence-electron chi connectivity index (χ3n) is 3.32. The molecule has 0 saturated carbocycles. The van der Waals surface area contributed by atoms with Crippen molar-refractivity contribution in [3.63, 3.8) is 0 Å². The molecule has 2 heterocycles. The van der Waals surface area contributed by atoms with Crippen molar-refractivity contribution in [1.29, 1.82) is 0 Å². The molecule has 132 valence electrons. The first-order valence-corrected chi connectivity index (χ1v) is 8.20. The van der Waals surface area contributed by atoms with Gasteiger partial charge in [-0.05, 0) is 30.5 Å². The first-order chi connectivity index (χ1) is 11.7. The van der Waals surface area contributed by atoms with Crippen LogP contribution >= 0.6 is 11.6 Å². The smallest absolute Gasteiger partial charge is 0.267 e. The third-order valence-corrected chi connectivity index (χ3v) is 3.61. The van der Waals surface area contributed by atoms with E-state index < -0.39 is 0 Å². The zero-order chi connectivity index (χ0) is 17.2. The Hall–Kier alpha value is -1.67. The van der Waals surface area contributed by atoms with Gasteiger partial charge in [-0.15, -0.1) is 0 Å². The summed E-state index contributed by atoms with van der Waals surface area (Å²) in [7, 11) is 1.62. The van der Waals surface area contributed by atoms with Gasteiger partial charge in [-0.25, -0.2) is 15.3 Å². The molecule has 0 aromatic carbocycles. The fourth-order valence-electron chi connectivity index (χ4n) is 2.08. The van der Waals surface area contributed by atoms with Gasteiger partial charge < -0.3 is 14.8 Å². The summed E-state index contributed by atoms with van der Waals surface area (Å²) in [5.41, 5.74) is 3.06. The van der Waals surface area contributed by atoms with Crippen molar-refractivity contribution in [3.8, 4) is 0 Å². The monoisotopic (exact) mass is 355 g/mol. The molecule has 1 unspecified atom stereocenters. The molecule has 0 bridgehead atoms. The summed E-state index contributed by atoms with van der Waals surface area (Å²) in [6, 6.07) is 1.72. The lowest BCUT2D eigenvalue weighted by atomic mass is 10.2. The topological polar surface area (TPSA) is 81.7 Å². The fraction of sp³-hybridized carbons (Fsp3) is 0.500. The highest BCUT2D eigenvalue weighted by atomic mass is 35.5. The summed E-state index contributed by atoms with van der Waals surface area (Å²) in [4.78, 5) is 21.1. The number of aromatic nitrogens is 1. The zero-order valence-corrected chi connectivity index (χ0v) is 14.3. The number of hydroxylamine groups is 1. The van der Waals surface area contributed by atoms with E-state index >= 15 is 0 Å². The number of anilines is 1. The summed E-state index contributed by atoms with van der Waals surface area (Å²) in [6.45, 7) is 1.83. The molecule has 0 spiro atoms. The highest BCUT2D eigenvalue weighted by molar-refractivity contribution is 6.33. The van der Waals surface area contributed by atoms with Crippen LogP contribution in [0.25, 0.3) is 6.08 Å². The number of ether oxygens (including phenoxy) is 2. The lowest BCUT2D eigenvalue weighted by Crippen LogP contribution is -2.32. The minimum Gasteiger partial charge on any atom is -0.383 e. The van der Waals surface area contributed by atoms with Crippen LogP contribution in [0.2, 0.25) is 5.02 Å². The van der Waals surface area contributed by atoms with Crippen LogP contribution in [-0.4, -0.2) is 44.0 Å². The molecule has 2 N–H and O–H groups in total. The van der Waals surface area contributed by atoms with E-state index in [-0.39, 0.29) is 12.2 Å². The van der Waals surface area contributed by atoms with Gasteiger partial charge in [0.1, 0.15) is 5.82 Å². The number of hydrogen-bond donors (Lipinski definition) is 2. The molecule has 1 aliphatic rings. The van der Waals surface area contributed by atoms with Crippen molar-refractivity contribution >= 4 is 29.4 Å². The Kier molecular flexibility index (Phi) is 7.97. The van der Waals surface area contributed by atoms with Crippen molar-refractivity contribution in [1.82, 2.24) is 10.5 Å². The van der Waals surface area contributed by atoms with Crippen LogP contribution in [0.15, 0.2) is 18.3 Å². The van der Waals surface area contributed by atoms with Gasteiger partial charge in [-0.1, -0.05) is 11.6 Å². The van der Waals surface area contributed by atoms with Crippen molar-refractivity contribution in [2.75, 3.05) is 32.2 Å². The maximum atomic E-state index is 11.7. The number of methoxy groups -OCH3 is 1. The van der Waals surface area contributed by atoms with Gasteiger partial charge in [0, 0.05) is 39.0 Å². The average Bonchev–Trinajstić information content (AvgIpc) is 2.61. The van der Waals surface area contributed by atoms with E-state index in [1.165, 1.54) is 6.08 Å². The van der Waals surface area contributed by atoms with E-state index in [1.807, 2.05) is 0 Å². The standard InChI is InChI=1S/C16H22ClN3O4/c1-22-9-7-18-16-13(17)10-12(11-19-16)5-6-14(21)20-24-15-4-2-3-8-23-15/h5-6,10-11,15H,2-4,7-9H2,1H3,(H,18,19)(H,20,21). The van der Waals surface area contributed by atoms with Gasteiger partial charge in [0.2, 0.25) is 0 Å². The summed E-state index contributed by atoms with van der Waals surface area (Å²) in [5, 5.41) is 3.53. The van der Waals surface area contributed by atoms with E-state index in [1.54, 1.807) is 25.4 Å². The van der Waals surface area contributed by atoms with Crippen LogP contribution in [0.4, 0.5) is 5.82 Å². The van der Waals surface area contributed by atoms with Crippen molar-refractivity contribution in [2.45, 2.75) is 25.6 Å². The molecule has 1 aromatic rings. The van der Waals surface area contributed by atoms with Crippen LogP contribution in [0.3, 0.4) is 0 Å². The predicted octanol–water partition coefficient (Wildman–Crippen LogP) is 2.38. The Labute approximate surface area is 146 Å². The van der Waals surface area contributed by atoms with E-state index in [2.05, 4.69) is 15.8 Å². The molecule has 1 fully saturated rings. The maximum Gasteiger partial charge on any atom is 0.267 e. The largest absolute Gasteiger partial charge is 0.383 e. The summed E-state index contributed by atoms with van der Waals surface area (Å²) >= 11 is 6.14. The molecule has 1 aliphatic heterocycles. The molecule has 0 radical (unpaired) electrons. The third kappa shape index (κ3) is 6.45. The van der Waals surface area contributed by atoms with E-state index in [4.69, 9.17) is 25.9 Å². The van der Waals surface area contributed by atoms with E-state index in [9.17, 15) is 4.79 Å². The number of rotatable bonds is 8. The van der Waals surface area contributed by atoms with Gasteiger partial charge in [0.05, 0.1) is 11.6 Å². The molecule has 0 aliphatic carbocycles. The van der Waals surface area contributed by atoms with Crippen molar-refractivity contribution < 1.29 is 19.1 Å². The minimum atomic E-state index is -0.373. The molecule has 7 nitrogen and oxygen atoms in total. The molecule has 1 aromatic heterocycles. The highest BCUT2D eigenvalue weighted by Crippen LogP contribution is 2.20. The quantitative estimate of drug-likeness (QED) is 0.423. The first-order valence-electron chi connectivity index (χ1n) is 7.82. The lowest BCUT2D eigenvalue weighted by Gasteiger charge is -2.21. The Bertz CT molecular complexity index is 562. The Morgan fingerprint density at radius 3 is 3.12 bits per heavy atom. The number of nitrogens with one attached hydrogen (secondary N) is 2.